The minimum atomic E-state index is -0.0875. The smallest absolute Gasteiger partial charge is 0.251 e. The molecule has 0 radical (unpaired) electrons. The molecular formula is C27H28ClN3O3. The van der Waals surface area contributed by atoms with Gasteiger partial charge in [0.15, 0.2) is 0 Å². The first-order valence-electron chi connectivity index (χ1n) is 11.4. The number of fused-ring (bicyclic) bond motifs is 1. The molecule has 0 spiro atoms. The van der Waals surface area contributed by atoms with Crippen LogP contribution in [0.1, 0.15) is 29.0 Å². The Labute approximate surface area is 204 Å². The minimum absolute atomic E-state index is 0.0875. The summed E-state index contributed by atoms with van der Waals surface area (Å²) in [6, 6.07) is 22.7. The van der Waals surface area contributed by atoms with E-state index in [9.17, 15) is 4.79 Å². The van der Waals surface area contributed by atoms with Crippen LogP contribution in [0.15, 0.2) is 72.8 Å². The molecule has 1 N–H and O–H groups in total. The summed E-state index contributed by atoms with van der Waals surface area (Å²) in [5.74, 6) is 2.48. The number of halogens is 1. The van der Waals surface area contributed by atoms with Crippen molar-refractivity contribution in [2.75, 3.05) is 20.3 Å². The number of aromatic nitrogens is 2. The molecule has 1 heterocycles. The van der Waals surface area contributed by atoms with Crippen molar-refractivity contribution in [1.82, 2.24) is 14.9 Å². The summed E-state index contributed by atoms with van der Waals surface area (Å²) in [5.41, 5.74) is 2.72. The Balaban J connectivity index is 1.31. The van der Waals surface area contributed by atoms with Crippen molar-refractivity contribution in [2.45, 2.75) is 25.8 Å². The molecule has 0 saturated heterocycles. The lowest BCUT2D eigenvalue weighted by Gasteiger charge is -2.11. The normalized spacial score (nSPS) is 10.9. The lowest BCUT2D eigenvalue weighted by atomic mass is 10.2. The van der Waals surface area contributed by atoms with Crippen LogP contribution < -0.4 is 14.8 Å². The molecule has 0 aliphatic heterocycles. The maximum Gasteiger partial charge on any atom is 0.251 e. The number of nitrogens with one attached hydrogen (secondary N) is 1. The topological polar surface area (TPSA) is 65.4 Å². The molecule has 0 fully saturated rings. The van der Waals surface area contributed by atoms with Crippen molar-refractivity contribution in [1.29, 1.82) is 0 Å². The molecule has 0 bridgehead atoms. The number of hydrogen-bond acceptors (Lipinski definition) is 4. The second kappa shape index (κ2) is 11.6. The Bertz CT molecular complexity index is 1220. The number of para-hydroxylation sites is 2. The molecule has 0 saturated carbocycles. The Morgan fingerprint density at radius 1 is 0.971 bits per heavy atom. The van der Waals surface area contributed by atoms with E-state index in [2.05, 4.69) is 16.0 Å². The third kappa shape index (κ3) is 6.08. The number of amides is 1. The first-order chi connectivity index (χ1) is 16.6. The van der Waals surface area contributed by atoms with E-state index in [0.29, 0.717) is 23.7 Å². The van der Waals surface area contributed by atoms with Gasteiger partial charge in [-0.05, 0) is 73.5 Å². The monoisotopic (exact) mass is 477 g/mol. The van der Waals surface area contributed by atoms with Gasteiger partial charge in [-0.15, -0.1) is 0 Å². The highest BCUT2D eigenvalue weighted by Gasteiger charge is 2.11. The number of benzene rings is 3. The highest BCUT2D eigenvalue weighted by atomic mass is 35.5. The second-order valence-corrected chi connectivity index (χ2v) is 8.35. The van der Waals surface area contributed by atoms with E-state index in [1.165, 1.54) is 0 Å². The summed E-state index contributed by atoms with van der Waals surface area (Å²) in [4.78, 5) is 17.2. The molecule has 6 nitrogen and oxygen atoms in total. The van der Waals surface area contributed by atoms with Crippen LogP contribution in [0.3, 0.4) is 0 Å². The van der Waals surface area contributed by atoms with Gasteiger partial charge in [-0.3, -0.25) is 4.79 Å². The van der Waals surface area contributed by atoms with Crippen LogP contribution in [0.25, 0.3) is 11.0 Å². The summed E-state index contributed by atoms with van der Waals surface area (Å²) in [7, 11) is 1.61. The molecule has 3 aromatic carbocycles. The number of carbonyl (C=O) groups excluding carboxylic acids is 1. The van der Waals surface area contributed by atoms with Crippen LogP contribution in [-0.4, -0.2) is 35.7 Å². The fourth-order valence-corrected chi connectivity index (χ4v) is 3.93. The van der Waals surface area contributed by atoms with Crippen LogP contribution in [-0.2, 0) is 13.0 Å². The number of carbonyl (C=O) groups is 1. The Morgan fingerprint density at radius 3 is 2.47 bits per heavy atom. The molecule has 0 unspecified atom stereocenters. The molecule has 176 valence electrons. The molecule has 4 rings (SSSR count). The van der Waals surface area contributed by atoms with Gasteiger partial charge < -0.3 is 19.4 Å². The predicted molar refractivity (Wildman–Crippen MR) is 135 cm³/mol. The summed E-state index contributed by atoms with van der Waals surface area (Å²) >= 11 is 5.93. The van der Waals surface area contributed by atoms with Crippen molar-refractivity contribution >= 4 is 28.5 Å². The molecular weight excluding hydrogens is 450 g/mol. The molecule has 7 heteroatoms. The molecule has 34 heavy (non-hydrogen) atoms. The van der Waals surface area contributed by atoms with Crippen LogP contribution in [0.4, 0.5) is 0 Å². The van der Waals surface area contributed by atoms with Crippen LogP contribution >= 0.6 is 11.6 Å². The number of aryl methyl sites for hydroxylation is 2. The van der Waals surface area contributed by atoms with Crippen LogP contribution in [0, 0.1) is 0 Å². The van der Waals surface area contributed by atoms with Crippen molar-refractivity contribution in [3.63, 3.8) is 0 Å². The number of ether oxygens (including phenoxy) is 2. The van der Waals surface area contributed by atoms with Crippen molar-refractivity contribution in [3.8, 4) is 11.5 Å². The summed E-state index contributed by atoms with van der Waals surface area (Å²) in [6.45, 7) is 1.99. The van der Waals surface area contributed by atoms with Gasteiger partial charge in [-0.25, -0.2) is 4.98 Å². The van der Waals surface area contributed by atoms with E-state index in [4.69, 9.17) is 26.1 Å². The molecule has 0 atom stereocenters. The number of nitrogens with zero attached hydrogens (tertiary/aromatic N) is 2. The van der Waals surface area contributed by atoms with Crippen molar-refractivity contribution < 1.29 is 14.3 Å². The zero-order valence-electron chi connectivity index (χ0n) is 19.2. The van der Waals surface area contributed by atoms with Gasteiger partial charge in [-0.2, -0.15) is 0 Å². The predicted octanol–water partition coefficient (Wildman–Crippen LogP) is 5.53. The van der Waals surface area contributed by atoms with E-state index < -0.39 is 0 Å². The molecule has 1 amide bonds. The Kier molecular flexibility index (Phi) is 8.04. The summed E-state index contributed by atoms with van der Waals surface area (Å²) < 4.78 is 13.2. The second-order valence-electron chi connectivity index (χ2n) is 7.91. The van der Waals surface area contributed by atoms with Gasteiger partial charge in [0, 0.05) is 30.1 Å². The number of hydrogen-bond donors (Lipinski definition) is 1. The number of methoxy groups -OCH3 is 1. The lowest BCUT2D eigenvalue weighted by molar-refractivity contribution is 0.0953. The standard InChI is InChI=1S/C27H28ClN3O3/c1-33-22-13-9-20(10-14-22)27(32)29-17-4-8-26-30-24-6-2-3-7-25(24)31(26)18-5-19-34-23-15-11-21(28)12-16-23/h2-3,6-7,9-16H,4-5,8,17-19H2,1H3,(H,29,32). The zero-order chi connectivity index (χ0) is 23.8. The van der Waals surface area contributed by atoms with Crippen LogP contribution in [0.5, 0.6) is 11.5 Å². The van der Waals surface area contributed by atoms with Gasteiger partial charge in [0.05, 0.1) is 24.8 Å². The van der Waals surface area contributed by atoms with Gasteiger partial charge in [0.1, 0.15) is 17.3 Å². The average Bonchev–Trinajstić information content (AvgIpc) is 3.22. The number of rotatable bonds is 11. The largest absolute Gasteiger partial charge is 0.497 e. The quantitative estimate of drug-likeness (QED) is 0.288. The van der Waals surface area contributed by atoms with E-state index in [1.807, 2.05) is 42.5 Å². The highest BCUT2D eigenvalue weighted by Crippen LogP contribution is 2.19. The highest BCUT2D eigenvalue weighted by molar-refractivity contribution is 6.30. The van der Waals surface area contributed by atoms with Crippen molar-refractivity contribution in [2.24, 2.45) is 0 Å². The molecule has 4 aromatic rings. The van der Waals surface area contributed by atoms with Gasteiger partial charge in [0.2, 0.25) is 0 Å². The minimum Gasteiger partial charge on any atom is -0.497 e. The fourth-order valence-electron chi connectivity index (χ4n) is 3.80. The zero-order valence-corrected chi connectivity index (χ0v) is 19.9. The van der Waals surface area contributed by atoms with Crippen LogP contribution in [0.2, 0.25) is 5.02 Å². The molecule has 1 aromatic heterocycles. The first kappa shape index (κ1) is 23.6. The maximum absolute atomic E-state index is 12.4. The average molecular weight is 478 g/mol. The first-order valence-corrected chi connectivity index (χ1v) is 11.8. The van der Waals surface area contributed by atoms with Crippen molar-refractivity contribution in [3.05, 3.63) is 89.2 Å². The van der Waals surface area contributed by atoms with Gasteiger partial charge >= 0.3 is 0 Å². The van der Waals surface area contributed by atoms with E-state index in [-0.39, 0.29) is 5.91 Å². The van der Waals surface area contributed by atoms with Gasteiger partial charge in [0.25, 0.3) is 5.91 Å². The third-order valence-electron chi connectivity index (χ3n) is 5.56. The summed E-state index contributed by atoms with van der Waals surface area (Å²) in [6.07, 6.45) is 2.42. The Hall–Kier alpha value is -3.51. The summed E-state index contributed by atoms with van der Waals surface area (Å²) in [5, 5.41) is 3.68. The fraction of sp³-hybridized carbons (Fsp3) is 0.259. The lowest BCUT2D eigenvalue weighted by Crippen LogP contribution is -2.25. The van der Waals surface area contributed by atoms with E-state index in [1.54, 1.807) is 31.4 Å². The molecule has 0 aliphatic rings. The van der Waals surface area contributed by atoms with E-state index in [0.717, 1.165) is 54.2 Å². The van der Waals surface area contributed by atoms with Gasteiger partial charge in [-0.1, -0.05) is 23.7 Å². The Morgan fingerprint density at radius 2 is 1.71 bits per heavy atom. The number of imidazole rings is 1. The van der Waals surface area contributed by atoms with E-state index >= 15 is 0 Å². The molecule has 0 aliphatic carbocycles. The maximum atomic E-state index is 12.4. The third-order valence-corrected chi connectivity index (χ3v) is 5.81. The SMILES string of the molecule is COc1ccc(C(=O)NCCCc2nc3ccccc3n2CCCOc2ccc(Cl)cc2)cc1.